The number of carbonyl (C=O) groups is 2. The van der Waals surface area contributed by atoms with Crippen LogP contribution in [0.3, 0.4) is 0 Å². The van der Waals surface area contributed by atoms with Crippen LogP contribution in [0.5, 0.6) is 0 Å². The zero-order chi connectivity index (χ0) is 20.6. The second-order valence-electron chi connectivity index (χ2n) is 7.12. The highest BCUT2D eigenvalue weighted by molar-refractivity contribution is 7.99. The summed E-state index contributed by atoms with van der Waals surface area (Å²) in [7, 11) is 0. The molecule has 1 amide bonds. The summed E-state index contributed by atoms with van der Waals surface area (Å²) in [6.07, 6.45) is 1.93. The first kappa shape index (κ1) is 21.2. The quantitative estimate of drug-likeness (QED) is 0.542. The Labute approximate surface area is 175 Å². The van der Waals surface area contributed by atoms with Gasteiger partial charge < -0.3 is 15.2 Å². The Morgan fingerprint density at radius 2 is 1.69 bits per heavy atom. The summed E-state index contributed by atoms with van der Waals surface area (Å²) in [6.45, 7) is 2.30. The van der Waals surface area contributed by atoms with Gasteiger partial charge in [0.05, 0.1) is 0 Å². The zero-order valence-electron chi connectivity index (χ0n) is 16.6. The van der Waals surface area contributed by atoms with Crippen LogP contribution in [0, 0.1) is 0 Å². The normalized spacial score (nSPS) is 13.4. The van der Waals surface area contributed by atoms with Gasteiger partial charge in [-0.2, -0.15) is 11.8 Å². The third kappa shape index (κ3) is 5.32. The average Bonchev–Trinajstić information content (AvgIpc) is 3.05. The van der Waals surface area contributed by atoms with Crippen molar-refractivity contribution in [3.63, 3.8) is 0 Å². The van der Waals surface area contributed by atoms with Gasteiger partial charge >= 0.3 is 12.1 Å². The Kier molecular flexibility index (Phi) is 7.58. The number of thioether (sulfide) groups is 1. The van der Waals surface area contributed by atoms with Crippen LogP contribution in [-0.4, -0.2) is 41.3 Å². The van der Waals surface area contributed by atoms with E-state index in [0.29, 0.717) is 12.2 Å². The van der Waals surface area contributed by atoms with Crippen LogP contribution in [0.25, 0.3) is 11.1 Å². The van der Waals surface area contributed by atoms with Gasteiger partial charge in [-0.3, -0.25) is 0 Å². The highest BCUT2D eigenvalue weighted by Gasteiger charge is 2.29. The van der Waals surface area contributed by atoms with Gasteiger partial charge in [0.2, 0.25) is 0 Å². The maximum atomic E-state index is 12.3. The fourth-order valence-electron chi connectivity index (χ4n) is 3.59. The molecule has 6 heteroatoms. The zero-order valence-corrected chi connectivity index (χ0v) is 17.4. The lowest BCUT2D eigenvalue weighted by Crippen LogP contribution is -2.41. The number of carboxylic acid groups (broad SMARTS) is 1. The third-order valence-electron chi connectivity index (χ3n) is 5.13. The number of hydrogen-bond donors (Lipinski definition) is 2. The van der Waals surface area contributed by atoms with Crippen LogP contribution < -0.4 is 5.32 Å². The summed E-state index contributed by atoms with van der Waals surface area (Å²) in [5, 5.41) is 11.9. The van der Waals surface area contributed by atoms with Crippen molar-refractivity contribution < 1.29 is 19.4 Å². The van der Waals surface area contributed by atoms with E-state index in [4.69, 9.17) is 4.74 Å². The predicted octanol–water partition coefficient (Wildman–Crippen LogP) is 4.90. The fraction of sp³-hybridized carbons (Fsp3) is 0.391. The summed E-state index contributed by atoms with van der Waals surface area (Å²) in [6, 6.07) is 15.3. The number of unbranched alkanes of at least 4 members (excludes halogenated alkanes) is 1. The molecule has 3 rings (SSSR count). The van der Waals surface area contributed by atoms with Gasteiger partial charge in [0.1, 0.15) is 12.6 Å². The molecule has 0 bridgehead atoms. The highest BCUT2D eigenvalue weighted by Crippen LogP contribution is 2.44. The van der Waals surface area contributed by atoms with Crippen molar-refractivity contribution in [1.82, 2.24) is 5.32 Å². The molecule has 5 nitrogen and oxygen atoms in total. The van der Waals surface area contributed by atoms with Gasteiger partial charge in [0.15, 0.2) is 0 Å². The standard InChI is InChI=1S/C23H27NO4S/c1-2-3-13-29-14-12-21(22(25)26)24-23(27)28-15-20-18-10-6-4-8-16(18)17-9-5-7-11-19(17)20/h4-11,20-21H,2-3,12-15H2,1H3,(H,24,27)(H,25,26)/t21-/m0/s1. The molecule has 2 N–H and O–H groups in total. The van der Waals surface area contributed by atoms with Crippen molar-refractivity contribution in [2.75, 3.05) is 18.1 Å². The number of alkyl carbamates (subject to hydrolysis) is 1. The number of nitrogens with one attached hydrogen (secondary N) is 1. The van der Waals surface area contributed by atoms with Crippen LogP contribution >= 0.6 is 11.8 Å². The molecule has 1 atom stereocenters. The highest BCUT2D eigenvalue weighted by atomic mass is 32.2. The number of amides is 1. The third-order valence-corrected chi connectivity index (χ3v) is 6.23. The molecular weight excluding hydrogens is 386 g/mol. The first-order chi connectivity index (χ1) is 14.1. The number of benzene rings is 2. The molecule has 0 unspecified atom stereocenters. The molecule has 0 spiro atoms. The lowest BCUT2D eigenvalue weighted by molar-refractivity contribution is -0.139. The molecule has 154 valence electrons. The lowest BCUT2D eigenvalue weighted by Gasteiger charge is -2.17. The van der Waals surface area contributed by atoms with Crippen molar-refractivity contribution in [1.29, 1.82) is 0 Å². The number of hydrogen-bond acceptors (Lipinski definition) is 4. The molecular formula is C23H27NO4S. The topological polar surface area (TPSA) is 75.6 Å². The second kappa shape index (κ2) is 10.3. The molecule has 2 aromatic carbocycles. The first-order valence-electron chi connectivity index (χ1n) is 10.0. The molecule has 0 saturated heterocycles. The van der Waals surface area contributed by atoms with E-state index in [1.807, 2.05) is 24.3 Å². The summed E-state index contributed by atoms with van der Waals surface area (Å²) in [5.41, 5.74) is 4.57. The van der Waals surface area contributed by atoms with Crippen molar-refractivity contribution in [2.24, 2.45) is 0 Å². The van der Waals surface area contributed by atoms with Gasteiger partial charge in [-0.05, 0) is 46.6 Å². The number of aliphatic carboxylic acids is 1. The SMILES string of the molecule is CCCCSCC[C@H](NC(=O)OCC1c2ccccc2-c2ccccc21)C(=O)O. The summed E-state index contributed by atoms with van der Waals surface area (Å²) >= 11 is 1.71. The van der Waals surface area contributed by atoms with Gasteiger partial charge in [-0.1, -0.05) is 61.9 Å². The second-order valence-corrected chi connectivity index (χ2v) is 8.34. The summed E-state index contributed by atoms with van der Waals surface area (Å²) in [5.74, 6) is 0.629. The summed E-state index contributed by atoms with van der Waals surface area (Å²) < 4.78 is 5.45. The van der Waals surface area contributed by atoms with Gasteiger partial charge in [0, 0.05) is 5.92 Å². The minimum atomic E-state index is -1.03. The largest absolute Gasteiger partial charge is 0.480 e. The van der Waals surface area contributed by atoms with Crippen LogP contribution in [0.15, 0.2) is 48.5 Å². The van der Waals surface area contributed by atoms with Crippen LogP contribution in [0.4, 0.5) is 4.79 Å². The van der Waals surface area contributed by atoms with Crippen molar-refractivity contribution in [3.8, 4) is 11.1 Å². The van der Waals surface area contributed by atoms with E-state index < -0.39 is 18.1 Å². The Morgan fingerprint density at radius 3 is 2.28 bits per heavy atom. The molecule has 1 aliphatic rings. The Morgan fingerprint density at radius 1 is 1.07 bits per heavy atom. The summed E-state index contributed by atoms with van der Waals surface area (Å²) in [4.78, 5) is 23.7. The minimum Gasteiger partial charge on any atom is -0.480 e. The molecule has 1 aliphatic carbocycles. The van der Waals surface area contributed by atoms with Crippen molar-refractivity contribution >= 4 is 23.8 Å². The van der Waals surface area contributed by atoms with Gasteiger partial charge in [-0.15, -0.1) is 0 Å². The van der Waals surface area contributed by atoms with E-state index in [1.165, 1.54) is 0 Å². The Hall–Kier alpha value is -2.47. The van der Waals surface area contributed by atoms with Crippen molar-refractivity contribution in [3.05, 3.63) is 59.7 Å². The molecule has 29 heavy (non-hydrogen) atoms. The number of carbonyl (C=O) groups excluding carboxylic acids is 1. The van der Waals surface area contributed by atoms with E-state index in [-0.39, 0.29) is 12.5 Å². The van der Waals surface area contributed by atoms with E-state index in [0.717, 1.165) is 40.8 Å². The number of rotatable bonds is 10. The van der Waals surface area contributed by atoms with E-state index in [9.17, 15) is 14.7 Å². The maximum absolute atomic E-state index is 12.3. The number of carboxylic acids is 1. The van der Waals surface area contributed by atoms with Gasteiger partial charge in [-0.25, -0.2) is 9.59 Å². The molecule has 0 radical (unpaired) electrons. The maximum Gasteiger partial charge on any atom is 0.407 e. The predicted molar refractivity (Wildman–Crippen MR) is 116 cm³/mol. The smallest absolute Gasteiger partial charge is 0.407 e. The average molecular weight is 414 g/mol. The minimum absolute atomic E-state index is 0.0407. The van der Waals surface area contributed by atoms with E-state index >= 15 is 0 Å². The number of fused-ring (bicyclic) bond motifs is 3. The lowest BCUT2D eigenvalue weighted by atomic mass is 9.98. The fourth-order valence-corrected chi connectivity index (χ4v) is 4.69. The number of ether oxygens (including phenoxy) is 1. The van der Waals surface area contributed by atoms with E-state index in [2.05, 4.69) is 36.5 Å². The Balaban J connectivity index is 1.56. The molecule has 0 aromatic heterocycles. The van der Waals surface area contributed by atoms with Crippen molar-refractivity contribution in [2.45, 2.75) is 38.1 Å². The van der Waals surface area contributed by atoms with E-state index in [1.54, 1.807) is 11.8 Å². The molecule has 0 fully saturated rings. The Bertz CT molecular complexity index is 809. The van der Waals surface area contributed by atoms with Gasteiger partial charge in [0.25, 0.3) is 0 Å². The molecule has 0 heterocycles. The molecule has 0 saturated carbocycles. The van der Waals surface area contributed by atoms with Crippen LogP contribution in [0.2, 0.25) is 0 Å². The first-order valence-corrected chi connectivity index (χ1v) is 11.2. The monoisotopic (exact) mass is 413 g/mol. The van der Waals surface area contributed by atoms with Crippen LogP contribution in [-0.2, 0) is 9.53 Å². The van der Waals surface area contributed by atoms with Crippen LogP contribution in [0.1, 0.15) is 43.2 Å². The molecule has 0 aliphatic heterocycles. The molecule has 2 aromatic rings.